The molecule has 0 bridgehead atoms. The highest BCUT2D eigenvalue weighted by atomic mass is 32.2. The molecule has 2 aromatic carbocycles. The zero-order valence-corrected chi connectivity index (χ0v) is 20.1. The summed E-state index contributed by atoms with van der Waals surface area (Å²) in [6, 6.07) is 4.33. The van der Waals surface area contributed by atoms with Gasteiger partial charge in [0.15, 0.2) is 9.84 Å². The van der Waals surface area contributed by atoms with E-state index in [1.807, 2.05) is 0 Å². The van der Waals surface area contributed by atoms with Gasteiger partial charge in [0.1, 0.15) is 10.6 Å². The maximum atomic E-state index is 14.8. The standard InChI is InChI=1S/C24H21F8NO3S/c1-2-20(34)33-12-11-21(37(35,36)17-7-5-16(25)6-8-17)18-9-4-15(13-14(18)3-10-19(21)33)22(26,23(27,28)29)24(30,31)32/h4-9,13,19H,2-3,10-12H2,1H3. The summed E-state index contributed by atoms with van der Waals surface area (Å²) < 4.78 is 135. The number of benzene rings is 2. The Morgan fingerprint density at radius 3 is 2.14 bits per heavy atom. The van der Waals surface area contributed by atoms with Crippen LogP contribution in [0.2, 0.25) is 0 Å². The van der Waals surface area contributed by atoms with Crippen LogP contribution in [-0.2, 0) is 31.5 Å². The Balaban J connectivity index is 1.96. The van der Waals surface area contributed by atoms with Gasteiger partial charge in [-0.2, -0.15) is 26.3 Å². The molecule has 1 fully saturated rings. The molecule has 4 nitrogen and oxygen atoms in total. The minimum atomic E-state index is -6.33. The molecule has 2 aliphatic rings. The number of fused-ring (bicyclic) bond motifs is 3. The van der Waals surface area contributed by atoms with E-state index in [4.69, 9.17) is 0 Å². The monoisotopic (exact) mass is 555 g/mol. The maximum absolute atomic E-state index is 14.8. The quantitative estimate of drug-likeness (QED) is 0.357. The molecule has 1 saturated heterocycles. The Labute approximate surface area is 207 Å². The highest BCUT2D eigenvalue weighted by Gasteiger charge is 2.73. The van der Waals surface area contributed by atoms with E-state index in [0.29, 0.717) is 12.1 Å². The van der Waals surface area contributed by atoms with Crippen LogP contribution in [0.1, 0.15) is 42.9 Å². The second kappa shape index (κ2) is 8.67. The van der Waals surface area contributed by atoms with Crippen molar-refractivity contribution in [1.29, 1.82) is 0 Å². The Hall–Kier alpha value is -2.70. The van der Waals surface area contributed by atoms with E-state index in [9.17, 15) is 48.3 Å². The molecule has 1 aliphatic carbocycles. The van der Waals surface area contributed by atoms with Gasteiger partial charge < -0.3 is 4.90 Å². The topological polar surface area (TPSA) is 54.5 Å². The molecular weight excluding hydrogens is 534 g/mol. The second-order valence-corrected chi connectivity index (χ2v) is 11.3. The molecule has 2 aromatic rings. The molecule has 2 atom stereocenters. The fourth-order valence-electron chi connectivity index (χ4n) is 5.56. The van der Waals surface area contributed by atoms with Gasteiger partial charge in [-0.05, 0) is 54.7 Å². The van der Waals surface area contributed by atoms with Crippen LogP contribution in [0.3, 0.4) is 0 Å². The smallest absolute Gasteiger partial charge is 0.338 e. The lowest BCUT2D eigenvalue weighted by Gasteiger charge is -2.43. The predicted molar refractivity (Wildman–Crippen MR) is 115 cm³/mol. The average Bonchev–Trinajstić information content (AvgIpc) is 3.23. The Bertz CT molecular complexity index is 1310. The fraction of sp³-hybridized carbons (Fsp3) is 0.458. The number of alkyl halides is 7. The predicted octanol–water partition coefficient (Wildman–Crippen LogP) is 5.74. The molecule has 0 saturated carbocycles. The van der Waals surface area contributed by atoms with E-state index in [1.165, 1.54) is 4.90 Å². The zero-order valence-electron chi connectivity index (χ0n) is 19.3. The van der Waals surface area contributed by atoms with E-state index in [2.05, 4.69) is 0 Å². The molecule has 202 valence electrons. The van der Waals surface area contributed by atoms with Crippen LogP contribution in [0.15, 0.2) is 47.4 Å². The van der Waals surface area contributed by atoms with Crippen LogP contribution in [0.4, 0.5) is 35.1 Å². The molecule has 1 aliphatic heterocycles. The molecule has 1 heterocycles. The van der Waals surface area contributed by atoms with Gasteiger partial charge in [0.05, 0.1) is 10.9 Å². The Morgan fingerprint density at radius 1 is 1.00 bits per heavy atom. The molecule has 0 aromatic heterocycles. The van der Waals surface area contributed by atoms with Crippen molar-refractivity contribution >= 4 is 15.7 Å². The molecule has 0 spiro atoms. The van der Waals surface area contributed by atoms with Gasteiger partial charge in [-0.15, -0.1) is 0 Å². The molecular formula is C24H21F8NO3S. The molecule has 0 N–H and O–H groups in total. The number of hydrogen-bond acceptors (Lipinski definition) is 3. The van der Waals surface area contributed by atoms with E-state index in [1.54, 1.807) is 6.92 Å². The zero-order chi connectivity index (χ0) is 27.6. The van der Waals surface area contributed by atoms with E-state index in [-0.39, 0.29) is 54.2 Å². The minimum Gasteiger partial charge on any atom is -0.338 e. The number of likely N-dealkylation sites (tertiary alicyclic amines) is 1. The van der Waals surface area contributed by atoms with Gasteiger partial charge in [-0.3, -0.25) is 4.79 Å². The summed E-state index contributed by atoms with van der Waals surface area (Å²) in [5.41, 5.74) is -7.68. The first-order valence-electron chi connectivity index (χ1n) is 11.3. The van der Waals surface area contributed by atoms with Crippen molar-refractivity contribution in [3.05, 3.63) is 65.0 Å². The highest BCUT2D eigenvalue weighted by molar-refractivity contribution is 7.92. The normalized spacial score (nSPS) is 22.5. The van der Waals surface area contributed by atoms with Crippen LogP contribution >= 0.6 is 0 Å². The van der Waals surface area contributed by atoms with E-state index < -0.39 is 50.0 Å². The summed E-state index contributed by atoms with van der Waals surface area (Å²) in [5.74, 6) is -1.10. The van der Waals surface area contributed by atoms with Gasteiger partial charge in [-0.1, -0.05) is 25.1 Å². The van der Waals surface area contributed by atoms with E-state index in [0.717, 1.165) is 30.3 Å². The van der Waals surface area contributed by atoms with Crippen molar-refractivity contribution in [2.45, 2.75) is 66.3 Å². The Morgan fingerprint density at radius 2 is 1.59 bits per heavy atom. The van der Waals surface area contributed by atoms with Crippen LogP contribution in [0.5, 0.6) is 0 Å². The van der Waals surface area contributed by atoms with Crippen LogP contribution < -0.4 is 0 Å². The first-order valence-corrected chi connectivity index (χ1v) is 12.8. The number of sulfone groups is 1. The highest BCUT2D eigenvalue weighted by Crippen LogP contribution is 2.56. The largest absolute Gasteiger partial charge is 0.435 e. The Kier molecular flexibility index (Phi) is 6.41. The lowest BCUT2D eigenvalue weighted by atomic mass is 9.76. The van der Waals surface area contributed by atoms with Crippen molar-refractivity contribution < 1.29 is 48.3 Å². The summed E-state index contributed by atoms with van der Waals surface area (Å²) >= 11 is 0. The van der Waals surface area contributed by atoms with Crippen molar-refractivity contribution in [2.24, 2.45) is 0 Å². The number of amides is 1. The van der Waals surface area contributed by atoms with Crippen molar-refractivity contribution in [2.75, 3.05) is 6.54 Å². The number of aryl methyl sites for hydroxylation is 1. The van der Waals surface area contributed by atoms with Crippen LogP contribution in [0.25, 0.3) is 0 Å². The number of nitrogens with zero attached hydrogens (tertiary/aromatic N) is 1. The maximum Gasteiger partial charge on any atom is 0.435 e. The summed E-state index contributed by atoms with van der Waals surface area (Å²) in [4.78, 5) is 13.6. The van der Waals surface area contributed by atoms with Gasteiger partial charge >= 0.3 is 18.0 Å². The lowest BCUT2D eigenvalue weighted by Crippen LogP contribution is -2.53. The molecule has 4 rings (SSSR count). The summed E-state index contributed by atoms with van der Waals surface area (Å²) in [7, 11) is -4.47. The molecule has 13 heteroatoms. The third-order valence-electron chi connectivity index (χ3n) is 7.29. The number of halogens is 8. The molecule has 1 amide bonds. The second-order valence-electron chi connectivity index (χ2n) is 9.12. The number of carbonyl (C=O) groups excluding carboxylic acids is 1. The first kappa shape index (κ1) is 27.3. The van der Waals surface area contributed by atoms with Gasteiger partial charge in [0.25, 0.3) is 0 Å². The minimum absolute atomic E-state index is 0.0306. The third-order valence-corrected chi connectivity index (χ3v) is 9.84. The fourth-order valence-corrected chi connectivity index (χ4v) is 7.92. The first-order chi connectivity index (χ1) is 17.0. The lowest BCUT2D eigenvalue weighted by molar-refractivity contribution is -0.348. The summed E-state index contributed by atoms with van der Waals surface area (Å²) in [5, 5.41) is 0. The molecule has 37 heavy (non-hydrogen) atoms. The van der Waals surface area contributed by atoms with Gasteiger partial charge in [0.2, 0.25) is 5.91 Å². The van der Waals surface area contributed by atoms with Crippen molar-refractivity contribution in [3.8, 4) is 0 Å². The molecule has 0 radical (unpaired) electrons. The van der Waals surface area contributed by atoms with E-state index >= 15 is 0 Å². The molecule has 2 unspecified atom stereocenters. The SMILES string of the molecule is CCC(=O)N1CCC2(S(=O)(=O)c3ccc(F)cc3)c3ccc(C(F)(C(F)(F)F)C(F)(F)F)cc3CCC12. The van der Waals surface area contributed by atoms with Crippen molar-refractivity contribution in [3.63, 3.8) is 0 Å². The third kappa shape index (κ3) is 3.83. The van der Waals surface area contributed by atoms with Gasteiger partial charge in [0, 0.05) is 18.5 Å². The summed E-state index contributed by atoms with van der Waals surface area (Å²) in [6.45, 7) is 1.53. The number of hydrogen-bond donors (Lipinski definition) is 0. The average molecular weight is 555 g/mol. The number of rotatable bonds is 4. The van der Waals surface area contributed by atoms with Crippen molar-refractivity contribution in [1.82, 2.24) is 4.90 Å². The summed E-state index contributed by atoms with van der Waals surface area (Å²) in [6.07, 6.45) is -13.1. The van der Waals surface area contributed by atoms with Gasteiger partial charge in [-0.25, -0.2) is 17.2 Å². The number of carbonyl (C=O) groups is 1. The van der Waals surface area contributed by atoms with Crippen LogP contribution in [0, 0.1) is 5.82 Å². The van der Waals surface area contributed by atoms with Crippen LogP contribution in [-0.4, -0.2) is 44.2 Å².